The van der Waals surface area contributed by atoms with Gasteiger partial charge in [-0.15, -0.1) is 0 Å². The fraction of sp³-hybridized carbons (Fsp3) is 0.263. The molecular formula is C19H19NO. The molecule has 1 heterocycles. The number of hydrogen-bond acceptors (Lipinski definition) is 1. The van der Waals surface area contributed by atoms with Gasteiger partial charge in [0.25, 0.3) is 0 Å². The number of aromatic amines is 1. The van der Waals surface area contributed by atoms with E-state index >= 15 is 0 Å². The number of aromatic nitrogens is 1. The molecule has 0 spiro atoms. The van der Waals surface area contributed by atoms with E-state index in [0.717, 1.165) is 17.7 Å². The Morgan fingerprint density at radius 3 is 2.67 bits per heavy atom. The SMILES string of the molecule is COc1ccc2c3c(c(-c4ccccc4)[nH]c13)CCC2C. The third-order valence-corrected chi connectivity index (χ3v) is 4.69. The lowest BCUT2D eigenvalue weighted by atomic mass is 9.83. The molecule has 2 nitrogen and oxygen atoms in total. The Hall–Kier alpha value is -2.22. The largest absolute Gasteiger partial charge is 0.495 e. The van der Waals surface area contributed by atoms with E-state index in [4.69, 9.17) is 4.74 Å². The molecule has 21 heavy (non-hydrogen) atoms. The lowest BCUT2D eigenvalue weighted by Crippen LogP contribution is -2.04. The van der Waals surface area contributed by atoms with Crippen molar-refractivity contribution in [3.63, 3.8) is 0 Å². The Morgan fingerprint density at radius 2 is 1.90 bits per heavy atom. The molecule has 0 saturated heterocycles. The van der Waals surface area contributed by atoms with Crippen LogP contribution < -0.4 is 4.74 Å². The van der Waals surface area contributed by atoms with Crippen LogP contribution in [0, 0.1) is 0 Å². The lowest BCUT2D eigenvalue weighted by molar-refractivity contribution is 0.419. The second-order valence-electron chi connectivity index (χ2n) is 5.89. The minimum absolute atomic E-state index is 0.616. The Kier molecular flexibility index (Phi) is 2.78. The number of H-pyrrole nitrogens is 1. The quantitative estimate of drug-likeness (QED) is 0.708. The highest BCUT2D eigenvalue weighted by Gasteiger charge is 2.25. The van der Waals surface area contributed by atoms with Crippen LogP contribution in [0.2, 0.25) is 0 Å². The third-order valence-electron chi connectivity index (χ3n) is 4.69. The molecule has 0 fully saturated rings. The van der Waals surface area contributed by atoms with Crippen LogP contribution in [0.1, 0.15) is 30.4 Å². The van der Waals surface area contributed by atoms with Gasteiger partial charge in [0.15, 0.2) is 0 Å². The van der Waals surface area contributed by atoms with Gasteiger partial charge in [-0.25, -0.2) is 0 Å². The summed E-state index contributed by atoms with van der Waals surface area (Å²) in [5.74, 6) is 1.55. The van der Waals surface area contributed by atoms with Crippen molar-refractivity contribution >= 4 is 10.9 Å². The predicted octanol–water partition coefficient (Wildman–Crippen LogP) is 4.89. The molecule has 1 N–H and O–H groups in total. The fourth-order valence-electron chi connectivity index (χ4n) is 3.57. The molecule has 3 aromatic rings. The highest BCUT2D eigenvalue weighted by molar-refractivity contribution is 5.97. The first-order valence-corrected chi connectivity index (χ1v) is 7.56. The minimum atomic E-state index is 0.616. The summed E-state index contributed by atoms with van der Waals surface area (Å²) in [4.78, 5) is 3.63. The molecule has 2 aromatic carbocycles. The highest BCUT2D eigenvalue weighted by Crippen LogP contribution is 2.44. The molecule has 1 unspecified atom stereocenters. The number of aryl methyl sites for hydroxylation is 1. The van der Waals surface area contributed by atoms with Gasteiger partial charge in [0, 0.05) is 11.1 Å². The van der Waals surface area contributed by atoms with Gasteiger partial charge in [-0.2, -0.15) is 0 Å². The predicted molar refractivity (Wildman–Crippen MR) is 87.0 cm³/mol. The summed E-state index contributed by atoms with van der Waals surface area (Å²) in [5, 5.41) is 1.38. The summed E-state index contributed by atoms with van der Waals surface area (Å²) in [6.07, 6.45) is 2.34. The summed E-state index contributed by atoms with van der Waals surface area (Å²) >= 11 is 0. The van der Waals surface area contributed by atoms with Gasteiger partial charge in [0.05, 0.1) is 12.6 Å². The second kappa shape index (κ2) is 4.66. The standard InChI is InChI=1S/C19H19NO/c1-12-8-9-15-17-14(12)10-11-16(21-2)19(17)20-18(15)13-6-4-3-5-7-13/h3-7,10-12,20H,8-9H2,1-2H3. The molecule has 0 aliphatic heterocycles. The van der Waals surface area contributed by atoms with Crippen molar-refractivity contribution in [3.05, 3.63) is 53.6 Å². The summed E-state index contributed by atoms with van der Waals surface area (Å²) in [6, 6.07) is 14.9. The summed E-state index contributed by atoms with van der Waals surface area (Å²) in [6.45, 7) is 2.32. The molecule has 1 atom stereocenters. The smallest absolute Gasteiger partial charge is 0.142 e. The molecule has 0 radical (unpaired) electrons. The average molecular weight is 277 g/mol. The topological polar surface area (TPSA) is 25.0 Å². The van der Waals surface area contributed by atoms with Crippen LogP contribution in [-0.4, -0.2) is 12.1 Å². The molecule has 1 aromatic heterocycles. The lowest BCUT2D eigenvalue weighted by Gasteiger charge is -2.20. The van der Waals surface area contributed by atoms with Crippen molar-refractivity contribution in [2.24, 2.45) is 0 Å². The zero-order valence-corrected chi connectivity index (χ0v) is 12.4. The van der Waals surface area contributed by atoms with Gasteiger partial charge in [-0.3, -0.25) is 0 Å². The van der Waals surface area contributed by atoms with Crippen LogP contribution in [0.15, 0.2) is 42.5 Å². The zero-order valence-electron chi connectivity index (χ0n) is 12.4. The number of ether oxygens (including phenoxy) is 1. The maximum Gasteiger partial charge on any atom is 0.142 e. The van der Waals surface area contributed by atoms with Crippen molar-refractivity contribution in [3.8, 4) is 17.0 Å². The van der Waals surface area contributed by atoms with E-state index in [0.29, 0.717) is 5.92 Å². The van der Waals surface area contributed by atoms with E-state index in [1.165, 1.54) is 34.2 Å². The van der Waals surface area contributed by atoms with Crippen LogP contribution in [0.5, 0.6) is 5.75 Å². The van der Waals surface area contributed by atoms with E-state index < -0.39 is 0 Å². The first kappa shape index (κ1) is 12.5. The number of benzene rings is 2. The van der Waals surface area contributed by atoms with E-state index in [9.17, 15) is 0 Å². The van der Waals surface area contributed by atoms with Crippen molar-refractivity contribution in [2.75, 3.05) is 7.11 Å². The Morgan fingerprint density at radius 1 is 1.10 bits per heavy atom. The molecule has 0 amide bonds. The summed E-state index contributed by atoms with van der Waals surface area (Å²) < 4.78 is 5.56. The van der Waals surface area contributed by atoms with Crippen LogP contribution >= 0.6 is 0 Å². The molecule has 0 bridgehead atoms. The van der Waals surface area contributed by atoms with E-state index in [1.807, 2.05) is 0 Å². The highest BCUT2D eigenvalue weighted by atomic mass is 16.5. The Labute approximate surface area is 124 Å². The van der Waals surface area contributed by atoms with Crippen molar-refractivity contribution in [1.82, 2.24) is 4.98 Å². The van der Waals surface area contributed by atoms with Crippen molar-refractivity contribution < 1.29 is 4.74 Å². The summed E-state index contributed by atoms with van der Waals surface area (Å²) in [5.41, 5.74) is 6.55. The number of hydrogen-bond donors (Lipinski definition) is 1. The van der Waals surface area contributed by atoms with Crippen molar-refractivity contribution in [2.45, 2.75) is 25.7 Å². The Balaban J connectivity index is 2.07. The Bertz CT molecular complexity index is 801. The zero-order chi connectivity index (χ0) is 14.4. The molecule has 1 aliphatic rings. The molecule has 1 aliphatic carbocycles. The second-order valence-corrected chi connectivity index (χ2v) is 5.89. The van der Waals surface area contributed by atoms with Gasteiger partial charge in [-0.1, -0.05) is 43.3 Å². The van der Waals surface area contributed by atoms with Gasteiger partial charge in [0.2, 0.25) is 0 Å². The fourth-order valence-corrected chi connectivity index (χ4v) is 3.57. The maximum atomic E-state index is 5.56. The average Bonchev–Trinajstić information content (AvgIpc) is 2.92. The van der Waals surface area contributed by atoms with E-state index in [1.54, 1.807) is 7.11 Å². The van der Waals surface area contributed by atoms with Gasteiger partial charge >= 0.3 is 0 Å². The molecule has 2 heteroatoms. The first-order valence-electron chi connectivity index (χ1n) is 7.56. The van der Waals surface area contributed by atoms with Crippen molar-refractivity contribution in [1.29, 1.82) is 0 Å². The molecule has 106 valence electrons. The van der Waals surface area contributed by atoms with Gasteiger partial charge in [0.1, 0.15) is 5.75 Å². The third kappa shape index (κ3) is 1.79. The van der Waals surface area contributed by atoms with E-state index in [-0.39, 0.29) is 0 Å². The summed E-state index contributed by atoms with van der Waals surface area (Å²) in [7, 11) is 1.74. The van der Waals surface area contributed by atoms with Crippen LogP contribution in [0.3, 0.4) is 0 Å². The van der Waals surface area contributed by atoms with Crippen LogP contribution in [0.4, 0.5) is 0 Å². The molecule has 4 rings (SSSR count). The van der Waals surface area contributed by atoms with Gasteiger partial charge in [-0.05, 0) is 41.5 Å². The normalized spacial score (nSPS) is 17.1. The molecular weight excluding hydrogens is 258 g/mol. The first-order chi connectivity index (χ1) is 10.3. The number of methoxy groups -OCH3 is 1. The van der Waals surface area contributed by atoms with E-state index in [2.05, 4.69) is 54.4 Å². The maximum absolute atomic E-state index is 5.56. The van der Waals surface area contributed by atoms with Gasteiger partial charge < -0.3 is 9.72 Å². The number of rotatable bonds is 2. The monoisotopic (exact) mass is 277 g/mol. The molecule has 0 saturated carbocycles. The van der Waals surface area contributed by atoms with Crippen LogP contribution in [-0.2, 0) is 6.42 Å². The number of nitrogens with one attached hydrogen (secondary N) is 1. The minimum Gasteiger partial charge on any atom is -0.495 e. The van der Waals surface area contributed by atoms with Crippen LogP contribution in [0.25, 0.3) is 22.2 Å².